The van der Waals surface area contributed by atoms with Crippen molar-refractivity contribution in [3.8, 4) is 0 Å². The molecule has 8 heteroatoms. The molecule has 1 aromatic heterocycles. The van der Waals surface area contributed by atoms with E-state index in [0.717, 1.165) is 38.4 Å². The minimum Gasteiger partial charge on any atom is -0.312 e. The van der Waals surface area contributed by atoms with Crippen LogP contribution in [0.15, 0.2) is 42.5 Å². The zero-order valence-corrected chi connectivity index (χ0v) is 18.6. The summed E-state index contributed by atoms with van der Waals surface area (Å²) in [6, 6.07) is 14.7. The van der Waals surface area contributed by atoms with E-state index in [4.69, 9.17) is 0 Å². The van der Waals surface area contributed by atoms with E-state index in [9.17, 15) is 8.42 Å². The number of nitrogens with one attached hydrogen (secondary N) is 1. The predicted octanol–water partition coefficient (Wildman–Crippen LogP) is 2.74. The van der Waals surface area contributed by atoms with Crippen LogP contribution in [0.1, 0.15) is 37.1 Å². The number of sulfonamides is 1. The van der Waals surface area contributed by atoms with Crippen molar-refractivity contribution in [2.24, 2.45) is 5.92 Å². The van der Waals surface area contributed by atoms with Crippen molar-refractivity contribution < 1.29 is 8.42 Å². The summed E-state index contributed by atoms with van der Waals surface area (Å²) >= 11 is 0. The number of hydrogen-bond acceptors (Lipinski definition) is 5. The molecule has 2 aromatic carbocycles. The summed E-state index contributed by atoms with van der Waals surface area (Å²) < 4.78 is 28.5. The first kappa shape index (κ1) is 21.0. The number of hydrogen-bond donors (Lipinski definition) is 1. The van der Waals surface area contributed by atoms with E-state index in [1.54, 1.807) is 0 Å². The molecule has 1 aliphatic heterocycles. The SMILES string of the molecule is CC(C)[C@H](NS(C)(=O)=O)c1nnc2n1CCN(Cc1ccc3ccccc3c1)CC2. The molecule has 0 bridgehead atoms. The van der Waals surface area contributed by atoms with Crippen LogP contribution in [0.5, 0.6) is 0 Å². The molecule has 0 amide bonds. The molecule has 0 fully saturated rings. The second-order valence-electron chi connectivity index (χ2n) is 8.45. The summed E-state index contributed by atoms with van der Waals surface area (Å²) in [5.41, 5.74) is 1.30. The Bertz CT molecular complexity index is 1140. The lowest BCUT2D eigenvalue weighted by atomic mass is 10.1. The molecule has 0 spiro atoms. The van der Waals surface area contributed by atoms with E-state index in [2.05, 4.69) is 66.9 Å². The monoisotopic (exact) mass is 427 g/mol. The molecule has 30 heavy (non-hydrogen) atoms. The molecule has 4 rings (SSSR count). The number of nitrogens with zero attached hydrogens (tertiary/aromatic N) is 4. The van der Waals surface area contributed by atoms with Gasteiger partial charge in [-0.1, -0.05) is 50.2 Å². The van der Waals surface area contributed by atoms with Gasteiger partial charge in [0.2, 0.25) is 10.0 Å². The second-order valence-corrected chi connectivity index (χ2v) is 10.2. The van der Waals surface area contributed by atoms with E-state index in [-0.39, 0.29) is 12.0 Å². The number of fused-ring (bicyclic) bond motifs is 2. The van der Waals surface area contributed by atoms with Crippen LogP contribution in [0.4, 0.5) is 0 Å². The van der Waals surface area contributed by atoms with Crippen LogP contribution in [0, 0.1) is 5.92 Å². The van der Waals surface area contributed by atoms with Crippen LogP contribution in [0.3, 0.4) is 0 Å². The van der Waals surface area contributed by atoms with E-state index in [1.807, 2.05) is 13.8 Å². The minimum atomic E-state index is -3.34. The van der Waals surface area contributed by atoms with Gasteiger partial charge >= 0.3 is 0 Å². The molecule has 0 aliphatic carbocycles. The third-order valence-corrected chi connectivity index (χ3v) is 6.34. The molecule has 2 heterocycles. The molecular formula is C22H29N5O2S. The van der Waals surface area contributed by atoms with Crippen molar-refractivity contribution >= 4 is 20.8 Å². The molecule has 0 saturated carbocycles. The van der Waals surface area contributed by atoms with Gasteiger partial charge in [0, 0.05) is 32.6 Å². The predicted molar refractivity (Wildman–Crippen MR) is 119 cm³/mol. The van der Waals surface area contributed by atoms with Crippen LogP contribution in [0.2, 0.25) is 0 Å². The van der Waals surface area contributed by atoms with Crippen molar-refractivity contribution in [3.63, 3.8) is 0 Å². The summed E-state index contributed by atoms with van der Waals surface area (Å²) in [5.74, 6) is 1.70. The maximum absolute atomic E-state index is 11.8. The van der Waals surface area contributed by atoms with Crippen LogP contribution in [-0.2, 0) is 29.5 Å². The topological polar surface area (TPSA) is 80.1 Å². The lowest BCUT2D eigenvalue weighted by Crippen LogP contribution is -2.33. The van der Waals surface area contributed by atoms with Crippen molar-refractivity contribution in [2.75, 3.05) is 19.3 Å². The van der Waals surface area contributed by atoms with Gasteiger partial charge in [-0.25, -0.2) is 13.1 Å². The Balaban J connectivity index is 1.50. The van der Waals surface area contributed by atoms with Gasteiger partial charge < -0.3 is 4.57 Å². The molecule has 0 saturated heterocycles. The standard InChI is InChI=1S/C22H29N5O2S/c1-16(2)21(25-30(3,28)29)22-24-23-20-10-11-26(12-13-27(20)22)15-17-8-9-18-6-4-5-7-19(18)14-17/h4-9,14,16,21,25H,10-13,15H2,1-3H3/t21-/m0/s1. The van der Waals surface area contributed by atoms with Gasteiger partial charge in [0.15, 0.2) is 5.82 Å². The number of aromatic nitrogens is 3. The van der Waals surface area contributed by atoms with E-state index in [1.165, 1.54) is 22.6 Å². The van der Waals surface area contributed by atoms with Gasteiger partial charge in [0.1, 0.15) is 5.82 Å². The smallest absolute Gasteiger partial charge is 0.209 e. The first-order chi connectivity index (χ1) is 14.3. The average Bonchev–Trinajstić information content (AvgIpc) is 2.99. The van der Waals surface area contributed by atoms with E-state index in [0.29, 0.717) is 5.82 Å². The molecule has 3 aromatic rings. The first-order valence-corrected chi connectivity index (χ1v) is 12.3. The molecular weight excluding hydrogens is 398 g/mol. The fourth-order valence-corrected chi connectivity index (χ4v) is 4.93. The fourth-order valence-electron chi connectivity index (χ4n) is 4.09. The third-order valence-electron chi connectivity index (χ3n) is 5.65. The molecule has 0 unspecified atom stereocenters. The Kier molecular flexibility index (Phi) is 5.90. The summed E-state index contributed by atoms with van der Waals surface area (Å²) in [4.78, 5) is 2.43. The van der Waals surface area contributed by atoms with Crippen molar-refractivity contribution in [1.29, 1.82) is 0 Å². The third kappa shape index (κ3) is 4.71. The molecule has 7 nitrogen and oxygen atoms in total. The average molecular weight is 428 g/mol. The van der Waals surface area contributed by atoms with Crippen molar-refractivity contribution in [1.82, 2.24) is 24.4 Å². The Hall–Kier alpha value is -2.29. The van der Waals surface area contributed by atoms with Crippen LogP contribution >= 0.6 is 0 Å². The van der Waals surface area contributed by atoms with Crippen LogP contribution in [0.25, 0.3) is 10.8 Å². The second kappa shape index (κ2) is 8.45. The highest BCUT2D eigenvalue weighted by Crippen LogP contribution is 2.24. The maximum atomic E-state index is 11.8. The number of rotatable bonds is 6. The lowest BCUT2D eigenvalue weighted by Gasteiger charge is -2.22. The molecule has 0 radical (unpaired) electrons. The minimum absolute atomic E-state index is 0.0741. The van der Waals surface area contributed by atoms with Gasteiger partial charge in [0.05, 0.1) is 12.3 Å². The van der Waals surface area contributed by atoms with Crippen LogP contribution < -0.4 is 4.72 Å². The fraction of sp³-hybridized carbons (Fsp3) is 0.455. The van der Waals surface area contributed by atoms with Gasteiger partial charge in [-0.15, -0.1) is 10.2 Å². The Labute approximate surface area is 178 Å². The number of benzene rings is 2. The molecule has 160 valence electrons. The summed E-state index contributed by atoms with van der Waals surface area (Å²) in [5, 5.41) is 11.3. The maximum Gasteiger partial charge on any atom is 0.209 e. The quantitative estimate of drug-likeness (QED) is 0.654. The first-order valence-electron chi connectivity index (χ1n) is 10.4. The molecule has 1 aliphatic rings. The Morgan fingerprint density at radius 3 is 2.53 bits per heavy atom. The summed E-state index contributed by atoms with van der Waals surface area (Å²) in [6.45, 7) is 7.39. The largest absolute Gasteiger partial charge is 0.312 e. The van der Waals surface area contributed by atoms with Gasteiger partial charge in [-0.2, -0.15) is 0 Å². The molecule has 1 atom stereocenters. The van der Waals surface area contributed by atoms with Gasteiger partial charge in [0.25, 0.3) is 0 Å². The Morgan fingerprint density at radius 2 is 1.80 bits per heavy atom. The van der Waals surface area contributed by atoms with Gasteiger partial charge in [-0.05, 0) is 28.3 Å². The highest BCUT2D eigenvalue weighted by Gasteiger charge is 2.28. The van der Waals surface area contributed by atoms with Crippen LogP contribution in [-0.4, -0.2) is 47.4 Å². The Morgan fingerprint density at radius 1 is 1.03 bits per heavy atom. The molecule has 1 N–H and O–H groups in total. The van der Waals surface area contributed by atoms with Crippen molar-refractivity contribution in [3.05, 3.63) is 59.7 Å². The normalized spacial score (nSPS) is 16.5. The zero-order valence-electron chi connectivity index (χ0n) is 17.7. The summed E-state index contributed by atoms with van der Waals surface area (Å²) in [6.07, 6.45) is 1.98. The van der Waals surface area contributed by atoms with Crippen molar-refractivity contribution in [2.45, 2.75) is 39.4 Å². The highest BCUT2D eigenvalue weighted by molar-refractivity contribution is 7.88. The van der Waals surface area contributed by atoms with Gasteiger partial charge in [-0.3, -0.25) is 4.90 Å². The van der Waals surface area contributed by atoms with E-state index < -0.39 is 10.0 Å². The zero-order chi connectivity index (χ0) is 21.3. The lowest BCUT2D eigenvalue weighted by molar-refractivity contribution is 0.269. The summed E-state index contributed by atoms with van der Waals surface area (Å²) in [7, 11) is -3.34. The van der Waals surface area contributed by atoms with E-state index >= 15 is 0 Å². The highest BCUT2D eigenvalue weighted by atomic mass is 32.2.